The normalized spacial score (nSPS) is 21.4. The molecule has 0 aromatic heterocycles. The zero-order valence-corrected chi connectivity index (χ0v) is 11.0. The quantitative estimate of drug-likeness (QED) is 0.885. The topological polar surface area (TPSA) is 62.3 Å². The molecule has 1 fully saturated rings. The zero-order valence-electron chi connectivity index (χ0n) is 10.3. The number of morpholine rings is 1. The van der Waals surface area contributed by atoms with Crippen molar-refractivity contribution < 1.29 is 4.74 Å². The summed E-state index contributed by atoms with van der Waals surface area (Å²) in [5.41, 5.74) is 7.37. The number of ether oxygens (including phenoxy) is 1. The van der Waals surface area contributed by atoms with Crippen LogP contribution in [-0.2, 0) is 4.74 Å². The predicted octanol–water partition coefficient (Wildman–Crippen LogP) is 1.76. The molecular formula is C13H16ClN3O. The number of hydrogen-bond donors (Lipinski definition) is 1. The smallest absolute Gasteiger partial charge is 0.0992 e. The second-order valence-electron chi connectivity index (χ2n) is 4.49. The molecule has 0 aliphatic carbocycles. The van der Waals surface area contributed by atoms with Crippen molar-refractivity contribution in [1.29, 1.82) is 5.26 Å². The summed E-state index contributed by atoms with van der Waals surface area (Å²) < 4.78 is 5.61. The maximum atomic E-state index is 8.82. The minimum absolute atomic E-state index is 0.00930. The number of anilines is 1. The highest BCUT2D eigenvalue weighted by molar-refractivity contribution is 6.33. The van der Waals surface area contributed by atoms with Gasteiger partial charge in [0, 0.05) is 19.1 Å². The first-order chi connectivity index (χ1) is 8.61. The van der Waals surface area contributed by atoms with E-state index >= 15 is 0 Å². The summed E-state index contributed by atoms with van der Waals surface area (Å²) in [5.74, 6) is 0. The van der Waals surface area contributed by atoms with Crippen molar-refractivity contribution in [2.75, 3.05) is 24.6 Å². The van der Waals surface area contributed by atoms with Crippen molar-refractivity contribution in [3.63, 3.8) is 0 Å². The average Bonchev–Trinajstić information content (AvgIpc) is 2.38. The molecule has 4 nitrogen and oxygen atoms in total. The van der Waals surface area contributed by atoms with Crippen LogP contribution in [0.3, 0.4) is 0 Å². The van der Waals surface area contributed by atoms with E-state index in [2.05, 4.69) is 11.0 Å². The van der Waals surface area contributed by atoms with Gasteiger partial charge < -0.3 is 15.4 Å². The van der Waals surface area contributed by atoms with Crippen LogP contribution in [0.2, 0.25) is 5.02 Å². The summed E-state index contributed by atoms with van der Waals surface area (Å²) in [6.07, 6.45) is 0.0189. The minimum Gasteiger partial charge on any atom is -0.373 e. The molecule has 1 aliphatic rings. The first kappa shape index (κ1) is 13.2. The second kappa shape index (κ2) is 5.57. The molecule has 2 N–H and O–H groups in total. The van der Waals surface area contributed by atoms with Gasteiger partial charge in [-0.1, -0.05) is 11.6 Å². The molecule has 1 aromatic rings. The Bertz CT molecular complexity index is 470. The molecule has 2 atom stereocenters. The van der Waals surface area contributed by atoms with Gasteiger partial charge in [-0.15, -0.1) is 0 Å². The first-order valence-electron chi connectivity index (χ1n) is 5.93. The summed E-state index contributed by atoms with van der Waals surface area (Å²) in [5, 5.41) is 9.42. The Morgan fingerprint density at radius 2 is 2.39 bits per heavy atom. The average molecular weight is 266 g/mol. The lowest BCUT2D eigenvalue weighted by atomic mass is 10.1. The van der Waals surface area contributed by atoms with E-state index in [-0.39, 0.29) is 12.1 Å². The molecule has 0 bridgehead atoms. The summed E-state index contributed by atoms with van der Waals surface area (Å²) in [6, 6.07) is 7.41. The molecule has 0 spiro atoms. The van der Waals surface area contributed by atoms with Crippen LogP contribution >= 0.6 is 11.6 Å². The van der Waals surface area contributed by atoms with Gasteiger partial charge in [-0.25, -0.2) is 0 Å². The van der Waals surface area contributed by atoms with E-state index < -0.39 is 0 Å². The van der Waals surface area contributed by atoms with E-state index in [1.54, 1.807) is 12.1 Å². The highest BCUT2D eigenvalue weighted by atomic mass is 35.5. The third-order valence-electron chi connectivity index (χ3n) is 3.10. The predicted molar refractivity (Wildman–Crippen MR) is 71.8 cm³/mol. The van der Waals surface area contributed by atoms with E-state index in [0.717, 1.165) is 18.8 Å². The van der Waals surface area contributed by atoms with Gasteiger partial charge >= 0.3 is 0 Å². The molecule has 1 aromatic carbocycles. The minimum atomic E-state index is -0.00930. The summed E-state index contributed by atoms with van der Waals surface area (Å²) >= 11 is 6.20. The molecule has 1 heterocycles. The fourth-order valence-corrected chi connectivity index (χ4v) is 2.35. The van der Waals surface area contributed by atoms with E-state index in [0.29, 0.717) is 17.2 Å². The van der Waals surface area contributed by atoms with Crippen LogP contribution in [0.15, 0.2) is 18.2 Å². The molecule has 18 heavy (non-hydrogen) atoms. The summed E-state index contributed by atoms with van der Waals surface area (Å²) in [6.45, 7) is 4.09. The third kappa shape index (κ3) is 2.75. The monoisotopic (exact) mass is 265 g/mol. The molecule has 1 saturated heterocycles. The number of hydrogen-bond acceptors (Lipinski definition) is 4. The van der Waals surface area contributed by atoms with Crippen molar-refractivity contribution in [3.8, 4) is 6.07 Å². The SMILES string of the molecule is CC(N)C1CN(c2ccc(C#N)cc2Cl)CCO1. The van der Waals surface area contributed by atoms with Crippen LogP contribution in [0, 0.1) is 11.3 Å². The molecule has 2 unspecified atom stereocenters. The summed E-state index contributed by atoms with van der Waals surface area (Å²) in [4.78, 5) is 2.15. The molecule has 0 amide bonds. The number of nitrogens with zero attached hydrogens (tertiary/aromatic N) is 2. The Morgan fingerprint density at radius 1 is 1.61 bits per heavy atom. The largest absolute Gasteiger partial charge is 0.373 e. The molecule has 2 rings (SSSR count). The van der Waals surface area contributed by atoms with Crippen molar-refractivity contribution in [2.24, 2.45) is 5.73 Å². The number of nitriles is 1. The highest BCUT2D eigenvalue weighted by Crippen LogP contribution is 2.28. The number of benzene rings is 1. The maximum Gasteiger partial charge on any atom is 0.0992 e. The van der Waals surface area contributed by atoms with Gasteiger partial charge in [-0.3, -0.25) is 0 Å². The van der Waals surface area contributed by atoms with Crippen molar-refractivity contribution >= 4 is 17.3 Å². The zero-order chi connectivity index (χ0) is 13.1. The Morgan fingerprint density at radius 3 is 3.00 bits per heavy atom. The van der Waals surface area contributed by atoms with Gasteiger partial charge in [0.15, 0.2) is 0 Å². The van der Waals surface area contributed by atoms with Crippen LogP contribution in [-0.4, -0.2) is 31.8 Å². The van der Waals surface area contributed by atoms with E-state index in [1.807, 2.05) is 13.0 Å². The molecule has 0 radical (unpaired) electrons. The second-order valence-corrected chi connectivity index (χ2v) is 4.90. The van der Waals surface area contributed by atoms with Gasteiger partial charge in [0.2, 0.25) is 0 Å². The van der Waals surface area contributed by atoms with Crippen molar-refractivity contribution in [1.82, 2.24) is 0 Å². The molecule has 0 saturated carbocycles. The summed E-state index contributed by atoms with van der Waals surface area (Å²) in [7, 11) is 0. The van der Waals surface area contributed by atoms with Crippen LogP contribution < -0.4 is 10.6 Å². The van der Waals surface area contributed by atoms with Gasteiger partial charge in [-0.2, -0.15) is 5.26 Å². The molecule has 1 aliphatic heterocycles. The lowest BCUT2D eigenvalue weighted by Gasteiger charge is -2.36. The third-order valence-corrected chi connectivity index (χ3v) is 3.40. The Balaban J connectivity index is 2.19. The van der Waals surface area contributed by atoms with E-state index in [9.17, 15) is 0 Å². The van der Waals surface area contributed by atoms with Crippen molar-refractivity contribution in [2.45, 2.75) is 19.1 Å². The van der Waals surface area contributed by atoms with Gasteiger partial charge in [0.25, 0.3) is 0 Å². The lowest BCUT2D eigenvalue weighted by Crippen LogP contribution is -2.49. The number of halogens is 1. The first-order valence-corrected chi connectivity index (χ1v) is 6.31. The Hall–Kier alpha value is -1.28. The van der Waals surface area contributed by atoms with E-state index in [4.69, 9.17) is 27.3 Å². The molecule has 5 heteroatoms. The van der Waals surface area contributed by atoms with Crippen LogP contribution in [0.1, 0.15) is 12.5 Å². The highest BCUT2D eigenvalue weighted by Gasteiger charge is 2.24. The lowest BCUT2D eigenvalue weighted by molar-refractivity contribution is 0.0276. The Kier molecular flexibility index (Phi) is 4.07. The standard InChI is InChI=1S/C13H16ClN3O/c1-9(16)13-8-17(4-5-18-13)12-3-2-10(7-15)6-11(12)14/h2-3,6,9,13H,4-5,8,16H2,1H3. The van der Waals surface area contributed by atoms with Crippen LogP contribution in [0.5, 0.6) is 0 Å². The molecular weight excluding hydrogens is 250 g/mol. The molecule has 96 valence electrons. The Labute approximate surface area is 112 Å². The fourth-order valence-electron chi connectivity index (χ4n) is 2.05. The maximum absolute atomic E-state index is 8.82. The number of nitrogens with two attached hydrogens (primary N) is 1. The van der Waals surface area contributed by atoms with E-state index in [1.165, 1.54) is 0 Å². The fraction of sp³-hybridized carbons (Fsp3) is 0.462. The van der Waals surface area contributed by atoms with Crippen molar-refractivity contribution in [3.05, 3.63) is 28.8 Å². The van der Waals surface area contributed by atoms with Crippen LogP contribution in [0.4, 0.5) is 5.69 Å². The van der Waals surface area contributed by atoms with Crippen LogP contribution in [0.25, 0.3) is 0 Å². The number of rotatable bonds is 2. The van der Waals surface area contributed by atoms with Gasteiger partial charge in [0.1, 0.15) is 0 Å². The van der Waals surface area contributed by atoms with Gasteiger partial charge in [0.05, 0.1) is 35.1 Å². The van der Waals surface area contributed by atoms with Gasteiger partial charge in [-0.05, 0) is 25.1 Å².